The zero-order chi connectivity index (χ0) is 13.7. The molecule has 0 aliphatic rings. The van der Waals surface area contributed by atoms with Crippen molar-refractivity contribution in [2.24, 2.45) is 0 Å². The van der Waals surface area contributed by atoms with Crippen molar-refractivity contribution in [1.82, 2.24) is 0 Å². The van der Waals surface area contributed by atoms with Gasteiger partial charge in [-0.3, -0.25) is 0 Å². The number of methoxy groups -OCH3 is 1. The third kappa shape index (κ3) is 3.76. The molecule has 0 aromatic carbocycles. The third-order valence-electron chi connectivity index (χ3n) is 1.86. The van der Waals surface area contributed by atoms with E-state index in [1.54, 1.807) is 12.3 Å². The van der Waals surface area contributed by atoms with Gasteiger partial charge in [0.15, 0.2) is 0 Å². The highest BCUT2D eigenvalue weighted by Crippen LogP contribution is 2.31. The first kappa shape index (κ1) is 15.1. The molecule has 0 fully saturated rings. The molecule has 2 N–H and O–H groups in total. The number of hydrogen-bond donors (Lipinski definition) is 2. The monoisotopic (exact) mass is 351 g/mol. The number of rotatable bonds is 5. The fourth-order valence-electron chi connectivity index (χ4n) is 1.07. The number of nitrogens with one attached hydrogen (secondary N) is 1. The van der Waals surface area contributed by atoms with Crippen LogP contribution >= 0.6 is 39.0 Å². The molecule has 98 valence electrons. The quantitative estimate of drug-likeness (QED) is 0.627. The molecule has 5 nitrogen and oxygen atoms in total. The van der Waals surface area contributed by atoms with Crippen molar-refractivity contribution >= 4 is 56.7 Å². The van der Waals surface area contributed by atoms with E-state index in [1.165, 1.54) is 25.1 Å². The van der Waals surface area contributed by atoms with Gasteiger partial charge in [0.1, 0.15) is 9.78 Å². The zero-order valence-corrected chi connectivity index (χ0v) is 12.7. The van der Waals surface area contributed by atoms with Crippen LogP contribution in [0.25, 0.3) is 0 Å². The van der Waals surface area contributed by atoms with Gasteiger partial charge in [-0.25, -0.2) is 9.59 Å². The van der Waals surface area contributed by atoms with Crippen LogP contribution < -0.4 is 5.32 Å². The molecule has 0 atom stereocenters. The molecule has 0 bridgehead atoms. The molecule has 1 rings (SSSR count). The van der Waals surface area contributed by atoms with Gasteiger partial charge in [0.25, 0.3) is 0 Å². The smallest absolute Gasteiger partial charge is 0.348 e. The predicted molar refractivity (Wildman–Crippen MR) is 76.2 cm³/mol. The van der Waals surface area contributed by atoms with Crippen LogP contribution in [0, 0.1) is 0 Å². The first-order valence-electron chi connectivity index (χ1n) is 4.61. The van der Waals surface area contributed by atoms with Crippen LogP contribution in [0.15, 0.2) is 21.0 Å². The van der Waals surface area contributed by atoms with E-state index in [9.17, 15) is 9.59 Å². The summed E-state index contributed by atoms with van der Waals surface area (Å²) in [7, 11) is 1.29. The highest BCUT2D eigenvalue weighted by atomic mass is 79.9. The number of esters is 1. The summed E-state index contributed by atoms with van der Waals surface area (Å²) in [6, 6.07) is 1.64. The van der Waals surface area contributed by atoms with Crippen molar-refractivity contribution < 1.29 is 19.4 Å². The van der Waals surface area contributed by atoms with Crippen LogP contribution in [0.1, 0.15) is 9.67 Å². The molecule has 0 aliphatic carbocycles. The summed E-state index contributed by atoms with van der Waals surface area (Å²) in [6.07, 6.45) is 3.16. The maximum atomic E-state index is 11.3. The number of halogens is 1. The van der Waals surface area contributed by atoms with E-state index in [2.05, 4.69) is 26.0 Å². The maximum absolute atomic E-state index is 11.3. The van der Waals surface area contributed by atoms with Crippen molar-refractivity contribution in [3.63, 3.8) is 0 Å². The van der Waals surface area contributed by atoms with Crippen LogP contribution in [0.2, 0.25) is 0 Å². The number of thiophene rings is 1. The van der Waals surface area contributed by atoms with Crippen molar-refractivity contribution in [2.45, 2.75) is 0 Å². The van der Waals surface area contributed by atoms with E-state index in [0.29, 0.717) is 14.4 Å². The van der Waals surface area contributed by atoms with E-state index in [1.807, 2.05) is 0 Å². The first-order valence-corrected chi connectivity index (χ1v) is 7.44. The van der Waals surface area contributed by atoms with Crippen molar-refractivity contribution in [1.29, 1.82) is 0 Å². The Morgan fingerprint density at radius 1 is 1.61 bits per heavy atom. The fraction of sp³-hybridized carbons (Fsp3) is 0.200. The van der Waals surface area contributed by atoms with Crippen LogP contribution in [0.5, 0.6) is 0 Å². The second-order valence-electron chi connectivity index (χ2n) is 2.95. The summed E-state index contributed by atoms with van der Waals surface area (Å²) in [6.45, 7) is 0. The molecule has 8 heteroatoms. The first-order chi connectivity index (χ1) is 8.49. The highest BCUT2D eigenvalue weighted by Gasteiger charge is 2.14. The molecule has 0 radical (unpaired) electrons. The zero-order valence-electron chi connectivity index (χ0n) is 9.52. The lowest BCUT2D eigenvalue weighted by Gasteiger charge is -2.03. The number of carbonyl (C=O) groups is 2. The lowest BCUT2D eigenvalue weighted by Crippen LogP contribution is -2.04. The molecular formula is C10H10BrNO4S2. The molecule has 18 heavy (non-hydrogen) atoms. The molecule has 0 aliphatic heterocycles. The second-order valence-corrected chi connectivity index (χ2v) is 6.23. The maximum Gasteiger partial charge on any atom is 0.348 e. The Bertz CT molecular complexity index is 498. The standard InChI is InChI=1S/C10H10BrNO4S2/c1-16-10(15)6(17-2)4-12-5-3-7(11)18-8(5)9(13)14/h3-4,12H,1-2H3,(H,13,14). The molecular weight excluding hydrogens is 342 g/mol. The van der Waals surface area contributed by atoms with Gasteiger partial charge in [-0.1, -0.05) is 0 Å². The van der Waals surface area contributed by atoms with Crippen LogP contribution in [-0.4, -0.2) is 30.4 Å². The Morgan fingerprint density at radius 3 is 2.78 bits per heavy atom. The van der Waals surface area contributed by atoms with Gasteiger partial charge in [-0.2, -0.15) is 0 Å². The Hall–Kier alpha value is -0.990. The lowest BCUT2D eigenvalue weighted by atomic mass is 10.4. The second kappa shape index (κ2) is 6.81. The van der Waals surface area contributed by atoms with Gasteiger partial charge in [0.2, 0.25) is 0 Å². The minimum Gasteiger partial charge on any atom is -0.477 e. The summed E-state index contributed by atoms with van der Waals surface area (Å²) in [5.74, 6) is -1.49. The number of ether oxygens (including phenoxy) is 1. The molecule has 0 spiro atoms. The Kier molecular flexibility index (Phi) is 5.70. The average molecular weight is 352 g/mol. The minimum atomic E-state index is -1.02. The number of carboxylic acids is 1. The van der Waals surface area contributed by atoms with Gasteiger partial charge >= 0.3 is 11.9 Å². The molecule has 0 amide bonds. The number of thioether (sulfide) groups is 1. The fourth-order valence-corrected chi connectivity index (χ4v) is 2.90. The van der Waals surface area contributed by atoms with Crippen LogP contribution in [0.3, 0.4) is 0 Å². The molecule has 1 heterocycles. The average Bonchev–Trinajstić information content (AvgIpc) is 2.71. The normalized spacial score (nSPS) is 11.2. The number of carbonyl (C=O) groups excluding carboxylic acids is 1. The van der Waals surface area contributed by atoms with E-state index in [0.717, 1.165) is 11.3 Å². The summed E-state index contributed by atoms with van der Waals surface area (Å²) in [5, 5.41) is 11.8. The van der Waals surface area contributed by atoms with Crippen molar-refractivity contribution in [3.05, 3.63) is 25.8 Å². The van der Waals surface area contributed by atoms with E-state index < -0.39 is 11.9 Å². The molecule has 1 aromatic rings. The summed E-state index contributed by atoms with van der Waals surface area (Å²) in [4.78, 5) is 22.8. The van der Waals surface area contributed by atoms with Crippen LogP contribution in [0.4, 0.5) is 5.69 Å². The number of hydrogen-bond acceptors (Lipinski definition) is 6. The molecule has 1 aromatic heterocycles. The SMILES string of the molecule is COC(=O)C(=CNc1cc(Br)sc1C(=O)O)SC. The number of aromatic carboxylic acids is 1. The Labute approximate surface area is 120 Å². The van der Waals surface area contributed by atoms with Crippen molar-refractivity contribution in [3.8, 4) is 0 Å². The van der Waals surface area contributed by atoms with Gasteiger partial charge in [-0.15, -0.1) is 23.1 Å². The highest BCUT2D eigenvalue weighted by molar-refractivity contribution is 9.11. The predicted octanol–water partition coefficient (Wildman–Crippen LogP) is 3.00. The van der Waals surface area contributed by atoms with E-state index in [4.69, 9.17) is 5.11 Å². The molecule has 0 saturated carbocycles. The summed E-state index contributed by atoms with van der Waals surface area (Å²) < 4.78 is 5.28. The number of carboxylic acid groups (broad SMARTS) is 1. The molecule has 0 unspecified atom stereocenters. The van der Waals surface area contributed by atoms with Crippen LogP contribution in [-0.2, 0) is 9.53 Å². The summed E-state index contributed by atoms with van der Waals surface area (Å²) >= 11 is 5.53. The van der Waals surface area contributed by atoms with Gasteiger partial charge in [-0.05, 0) is 28.3 Å². The third-order valence-corrected chi connectivity index (χ3v) is 4.21. The lowest BCUT2D eigenvalue weighted by molar-refractivity contribution is -0.135. The van der Waals surface area contributed by atoms with E-state index in [-0.39, 0.29) is 4.88 Å². The van der Waals surface area contributed by atoms with Crippen molar-refractivity contribution in [2.75, 3.05) is 18.7 Å². The van der Waals surface area contributed by atoms with Gasteiger partial charge in [0, 0.05) is 6.20 Å². The van der Waals surface area contributed by atoms with E-state index >= 15 is 0 Å². The Morgan fingerprint density at radius 2 is 2.28 bits per heavy atom. The molecule has 0 saturated heterocycles. The van der Waals surface area contributed by atoms with Gasteiger partial charge < -0.3 is 15.2 Å². The topological polar surface area (TPSA) is 75.6 Å². The largest absolute Gasteiger partial charge is 0.477 e. The number of anilines is 1. The Balaban J connectivity index is 2.94. The van der Waals surface area contributed by atoms with Gasteiger partial charge in [0.05, 0.1) is 16.6 Å². The minimum absolute atomic E-state index is 0.170. The summed E-state index contributed by atoms with van der Waals surface area (Å²) in [5.41, 5.74) is 0.426.